The maximum atomic E-state index is 13.0. The minimum Gasteiger partial charge on any atom is -0.490 e. The van der Waals surface area contributed by atoms with Crippen molar-refractivity contribution in [1.29, 1.82) is 0 Å². The zero-order valence-electron chi connectivity index (χ0n) is 16.0. The third kappa shape index (κ3) is 4.57. The summed E-state index contributed by atoms with van der Waals surface area (Å²) in [6.07, 6.45) is 5.17. The van der Waals surface area contributed by atoms with Crippen LogP contribution in [0.1, 0.15) is 36.8 Å². The van der Waals surface area contributed by atoms with Crippen molar-refractivity contribution in [2.45, 2.75) is 38.7 Å². The first-order chi connectivity index (χ1) is 13.0. The molecule has 0 aliphatic heterocycles. The number of hydrogen-bond donors (Lipinski definition) is 0. The summed E-state index contributed by atoms with van der Waals surface area (Å²) in [6.45, 7) is 5.83. The highest BCUT2D eigenvalue weighted by Gasteiger charge is 2.29. The fourth-order valence-electron chi connectivity index (χ4n) is 3.63. The number of carbonyl (C=O) groups excluding carboxylic acids is 1. The van der Waals surface area contributed by atoms with E-state index in [-0.39, 0.29) is 23.7 Å². The minimum atomic E-state index is -0.268. The SMILES string of the molecule is C=Cc1ccc(N(C)C(=O)[C@H]2CC[C@H](Oc3ccc(F)cc3)CC2)cc1C. The molecule has 0 radical (unpaired) electrons. The molecule has 2 aromatic rings. The lowest BCUT2D eigenvalue weighted by Crippen LogP contribution is -2.36. The van der Waals surface area contributed by atoms with Crippen molar-refractivity contribution < 1.29 is 13.9 Å². The molecular weight excluding hydrogens is 341 g/mol. The maximum absolute atomic E-state index is 13.0. The summed E-state index contributed by atoms with van der Waals surface area (Å²) in [7, 11) is 1.84. The molecule has 0 bridgehead atoms. The van der Waals surface area contributed by atoms with E-state index in [9.17, 15) is 9.18 Å². The van der Waals surface area contributed by atoms with Gasteiger partial charge in [-0.25, -0.2) is 4.39 Å². The lowest BCUT2D eigenvalue weighted by Gasteiger charge is -2.31. The summed E-state index contributed by atoms with van der Waals surface area (Å²) in [5.74, 6) is 0.584. The molecule has 1 aliphatic carbocycles. The molecule has 27 heavy (non-hydrogen) atoms. The monoisotopic (exact) mass is 367 g/mol. The van der Waals surface area contributed by atoms with Crippen molar-refractivity contribution in [2.75, 3.05) is 11.9 Å². The van der Waals surface area contributed by atoms with Gasteiger partial charge >= 0.3 is 0 Å². The van der Waals surface area contributed by atoms with Crippen molar-refractivity contribution >= 4 is 17.7 Å². The van der Waals surface area contributed by atoms with Crippen LogP contribution in [-0.2, 0) is 4.79 Å². The summed E-state index contributed by atoms with van der Waals surface area (Å²) in [6, 6.07) is 12.1. The Labute approximate surface area is 160 Å². The van der Waals surface area contributed by atoms with E-state index in [0.29, 0.717) is 5.75 Å². The van der Waals surface area contributed by atoms with Crippen molar-refractivity contribution in [3.8, 4) is 5.75 Å². The highest BCUT2D eigenvalue weighted by atomic mass is 19.1. The van der Waals surface area contributed by atoms with Gasteiger partial charge < -0.3 is 9.64 Å². The Balaban J connectivity index is 1.56. The average Bonchev–Trinajstić information content (AvgIpc) is 2.69. The van der Waals surface area contributed by atoms with Crippen molar-refractivity contribution in [3.05, 3.63) is 66.0 Å². The number of halogens is 1. The van der Waals surface area contributed by atoms with E-state index in [1.54, 1.807) is 17.0 Å². The standard InChI is InChI=1S/C23H26FNO2/c1-4-17-5-10-20(15-16(17)2)25(3)23(26)18-6-11-21(12-7-18)27-22-13-8-19(24)9-14-22/h4-5,8-10,13-15,18,21H,1,6-7,11-12H2,2-3H3/t18-,21-. The van der Waals surface area contributed by atoms with Crippen LogP contribution in [0.5, 0.6) is 5.75 Å². The Morgan fingerprint density at radius 1 is 1.15 bits per heavy atom. The van der Waals surface area contributed by atoms with Crippen LogP contribution >= 0.6 is 0 Å². The molecule has 0 heterocycles. The van der Waals surface area contributed by atoms with Gasteiger partial charge in [0.2, 0.25) is 5.91 Å². The normalized spacial score (nSPS) is 19.4. The number of anilines is 1. The van der Waals surface area contributed by atoms with E-state index in [1.165, 1.54) is 12.1 Å². The largest absolute Gasteiger partial charge is 0.490 e. The third-order valence-corrected chi connectivity index (χ3v) is 5.33. The number of hydrogen-bond acceptors (Lipinski definition) is 2. The zero-order valence-corrected chi connectivity index (χ0v) is 16.0. The van der Waals surface area contributed by atoms with Gasteiger partial charge in [0.1, 0.15) is 11.6 Å². The van der Waals surface area contributed by atoms with Gasteiger partial charge in [-0.2, -0.15) is 0 Å². The van der Waals surface area contributed by atoms with Gasteiger partial charge in [0.05, 0.1) is 6.10 Å². The second-order valence-corrected chi connectivity index (χ2v) is 7.19. The molecule has 1 fully saturated rings. The Morgan fingerprint density at radius 3 is 2.41 bits per heavy atom. The van der Waals surface area contributed by atoms with E-state index in [4.69, 9.17) is 4.74 Å². The zero-order chi connectivity index (χ0) is 19.4. The van der Waals surface area contributed by atoms with Gasteiger partial charge in [-0.05, 0) is 80.1 Å². The molecule has 0 aromatic heterocycles. The third-order valence-electron chi connectivity index (χ3n) is 5.33. The first-order valence-electron chi connectivity index (χ1n) is 9.41. The molecule has 0 spiro atoms. The number of amides is 1. The van der Waals surface area contributed by atoms with Crippen molar-refractivity contribution in [3.63, 3.8) is 0 Å². The van der Waals surface area contributed by atoms with Crippen LogP contribution in [-0.4, -0.2) is 19.1 Å². The topological polar surface area (TPSA) is 29.5 Å². The molecule has 2 aromatic carbocycles. The Hall–Kier alpha value is -2.62. The van der Waals surface area contributed by atoms with Crippen LogP contribution in [0.4, 0.5) is 10.1 Å². The van der Waals surface area contributed by atoms with Gasteiger partial charge in [0.15, 0.2) is 0 Å². The molecule has 1 aliphatic rings. The fourth-order valence-corrected chi connectivity index (χ4v) is 3.63. The summed E-state index contributed by atoms with van der Waals surface area (Å²) < 4.78 is 18.9. The number of rotatable bonds is 5. The van der Waals surface area contributed by atoms with Gasteiger partial charge in [-0.3, -0.25) is 4.79 Å². The van der Waals surface area contributed by atoms with Gasteiger partial charge in [-0.1, -0.05) is 18.7 Å². The molecule has 0 atom stereocenters. The summed E-state index contributed by atoms with van der Waals surface area (Å²) in [5, 5.41) is 0. The smallest absolute Gasteiger partial charge is 0.229 e. The molecule has 3 nitrogen and oxygen atoms in total. The predicted octanol–water partition coefficient (Wildman–Crippen LogP) is 5.38. The Morgan fingerprint density at radius 2 is 1.81 bits per heavy atom. The first-order valence-corrected chi connectivity index (χ1v) is 9.41. The summed E-state index contributed by atoms with van der Waals surface area (Å²) in [5.41, 5.74) is 3.10. The summed E-state index contributed by atoms with van der Waals surface area (Å²) in [4.78, 5) is 14.6. The van der Waals surface area contributed by atoms with Gasteiger partial charge in [-0.15, -0.1) is 0 Å². The Kier molecular flexibility index (Phi) is 5.94. The number of carbonyl (C=O) groups is 1. The number of benzene rings is 2. The second kappa shape index (κ2) is 8.38. The lowest BCUT2D eigenvalue weighted by molar-refractivity contribution is -0.123. The molecule has 142 valence electrons. The maximum Gasteiger partial charge on any atom is 0.229 e. The van der Waals surface area contributed by atoms with E-state index in [1.807, 2.05) is 38.2 Å². The highest BCUT2D eigenvalue weighted by molar-refractivity contribution is 5.94. The van der Waals surface area contributed by atoms with Crippen molar-refractivity contribution in [2.24, 2.45) is 5.92 Å². The number of nitrogens with zero attached hydrogens (tertiary/aromatic N) is 1. The molecule has 0 saturated heterocycles. The fraction of sp³-hybridized carbons (Fsp3) is 0.348. The molecule has 1 saturated carbocycles. The summed E-state index contributed by atoms with van der Waals surface area (Å²) >= 11 is 0. The van der Waals surface area contributed by atoms with Crippen LogP contribution in [0, 0.1) is 18.7 Å². The lowest BCUT2D eigenvalue weighted by atomic mass is 9.86. The minimum absolute atomic E-state index is 0.0162. The quantitative estimate of drug-likeness (QED) is 0.710. The number of ether oxygens (including phenoxy) is 1. The van der Waals surface area contributed by atoms with E-state index < -0.39 is 0 Å². The van der Waals surface area contributed by atoms with Crippen molar-refractivity contribution in [1.82, 2.24) is 0 Å². The van der Waals surface area contributed by atoms with Crippen LogP contribution in [0.2, 0.25) is 0 Å². The van der Waals surface area contributed by atoms with Crippen LogP contribution in [0.15, 0.2) is 49.0 Å². The van der Waals surface area contributed by atoms with E-state index >= 15 is 0 Å². The van der Waals surface area contributed by atoms with Gasteiger partial charge in [0, 0.05) is 18.7 Å². The molecular formula is C23H26FNO2. The highest BCUT2D eigenvalue weighted by Crippen LogP contribution is 2.30. The predicted molar refractivity (Wildman–Crippen MR) is 107 cm³/mol. The molecule has 1 amide bonds. The van der Waals surface area contributed by atoms with Gasteiger partial charge in [0.25, 0.3) is 0 Å². The van der Waals surface area contributed by atoms with E-state index in [2.05, 4.69) is 6.58 Å². The number of aryl methyl sites for hydroxylation is 1. The van der Waals surface area contributed by atoms with E-state index in [0.717, 1.165) is 42.5 Å². The average molecular weight is 367 g/mol. The second-order valence-electron chi connectivity index (χ2n) is 7.19. The van der Waals surface area contributed by atoms with Crippen LogP contribution in [0.25, 0.3) is 6.08 Å². The molecule has 0 unspecified atom stereocenters. The first kappa shape index (κ1) is 19.2. The Bertz CT molecular complexity index is 808. The van der Waals surface area contributed by atoms with Crippen LogP contribution in [0.3, 0.4) is 0 Å². The molecule has 0 N–H and O–H groups in total. The molecule has 3 rings (SSSR count). The molecule has 4 heteroatoms. The van der Waals surface area contributed by atoms with Crippen LogP contribution < -0.4 is 9.64 Å².